The molecule has 1 heterocycles. The summed E-state index contributed by atoms with van der Waals surface area (Å²) in [4.78, 5) is 0. The van der Waals surface area contributed by atoms with E-state index in [4.69, 9.17) is 28.3 Å². The number of aliphatic hydroxyl groups is 1. The fourth-order valence-electron chi connectivity index (χ4n) is 1.30. The Hall–Kier alpha value is -1.10. The average molecular weight is 258 g/mol. The van der Waals surface area contributed by atoms with Gasteiger partial charge in [0.25, 0.3) is 0 Å². The van der Waals surface area contributed by atoms with Crippen molar-refractivity contribution in [1.82, 2.24) is 15.0 Å². The van der Waals surface area contributed by atoms with Crippen LogP contribution in [0.1, 0.15) is 11.3 Å². The zero-order valence-corrected chi connectivity index (χ0v) is 10.00. The summed E-state index contributed by atoms with van der Waals surface area (Å²) >= 11 is 12.1. The average Bonchev–Trinajstić information content (AvgIpc) is 2.71. The fourth-order valence-corrected chi connectivity index (χ4v) is 1.76. The van der Waals surface area contributed by atoms with Crippen molar-refractivity contribution in [2.45, 2.75) is 13.5 Å². The molecule has 0 saturated heterocycles. The number of aliphatic hydroxyl groups excluding tert-OH is 1. The van der Waals surface area contributed by atoms with Gasteiger partial charge >= 0.3 is 0 Å². The van der Waals surface area contributed by atoms with Crippen LogP contribution in [0.4, 0.5) is 0 Å². The van der Waals surface area contributed by atoms with Crippen LogP contribution < -0.4 is 0 Å². The largest absolute Gasteiger partial charge is 0.390 e. The van der Waals surface area contributed by atoms with E-state index in [1.807, 2.05) is 6.92 Å². The first kappa shape index (κ1) is 11.4. The summed E-state index contributed by atoms with van der Waals surface area (Å²) in [6, 6.07) is 3.48. The molecule has 4 nitrogen and oxygen atoms in total. The zero-order chi connectivity index (χ0) is 11.7. The lowest BCUT2D eigenvalue weighted by Crippen LogP contribution is -1.96. The van der Waals surface area contributed by atoms with Crippen molar-refractivity contribution in [1.29, 1.82) is 0 Å². The third-order valence-corrected chi connectivity index (χ3v) is 2.89. The monoisotopic (exact) mass is 257 g/mol. The summed E-state index contributed by atoms with van der Waals surface area (Å²) in [6.07, 6.45) is 1.60. The standard InChI is InChI=1S/C10H9Cl2N3O/c1-6-2-9(12)10(3-8(6)11)15-4-7(5-16)13-14-15/h2-4,16H,5H2,1H3. The van der Waals surface area contributed by atoms with Crippen molar-refractivity contribution < 1.29 is 5.11 Å². The van der Waals surface area contributed by atoms with E-state index in [9.17, 15) is 0 Å². The Morgan fingerprint density at radius 2 is 2.06 bits per heavy atom. The highest BCUT2D eigenvalue weighted by atomic mass is 35.5. The van der Waals surface area contributed by atoms with Gasteiger partial charge in [-0.1, -0.05) is 28.4 Å². The van der Waals surface area contributed by atoms with Gasteiger partial charge in [0.15, 0.2) is 0 Å². The number of hydrogen-bond acceptors (Lipinski definition) is 3. The van der Waals surface area contributed by atoms with Crippen LogP contribution in [0.2, 0.25) is 10.0 Å². The first-order chi connectivity index (χ1) is 7.61. The quantitative estimate of drug-likeness (QED) is 0.899. The molecule has 16 heavy (non-hydrogen) atoms. The molecular weight excluding hydrogens is 249 g/mol. The highest BCUT2D eigenvalue weighted by Gasteiger charge is 2.08. The number of benzene rings is 1. The molecule has 0 atom stereocenters. The maximum Gasteiger partial charge on any atom is 0.109 e. The SMILES string of the molecule is Cc1cc(Cl)c(-n2cc(CO)nn2)cc1Cl. The predicted molar refractivity (Wildman–Crippen MR) is 62.0 cm³/mol. The molecule has 0 aliphatic carbocycles. The number of halogens is 2. The first-order valence-electron chi connectivity index (χ1n) is 4.60. The van der Waals surface area contributed by atoms with Gasteiger partial charge in [-0.05, 0) is 24.6 Å². The molecule has 0 unspecified atom stereocenters. The van der Waals surface area contributed by atoms with Crippen LogP contribution >= 0.6 is 23.2 Å². The third-order valence-electron chi connectivity index (χ3n) is 2.18. The lowest BCUT2D eigenvalue weighted by Gasteiger charge is -2.06. The van der Waals surface area contributed by atoms with E-state index >= 15 is 0 Å². The molecule has 0 amide bonds. The second kappa shape index (κ2) is 4.41. The molecule has 1 aromatic carbocycles. The molecular formula is C10H9Cl2N3O. The summed E-state index contributed by atoms with van der Waals surface area (Å²) in [5, 5.41) is 17.7. The number of aryl methyl sites for hydroxylation is 1. The molecule has 2 rings (SSSR count). The Morgan fingerprint density at radius 3 is 2.69 bits per heavy atom. The molecule has 0 fully saturated rings. The molecule has 6 heteroatoms. The lowest BCUT2D eigenvalue weighted by molar-refractivity contribution is 0.276. The predicted octanol–water partition coefficient (Wildman–Crippen LogP) is 2.37. The van der Waals surface area contributed by atoms with E-state index in [0.717, 1.165) is 5.56 Å². The van der Waals surface area contributed by atoms with Crippen LogP contribution in [0, 0.1) is 6.92 Å². The van der Waals surface area contributed by atoms with Crippen LogP contribution in [0.3, 0.4) is 0 Å². The van der Waals surface area contributed by atoms with E-state index in [2.05, 4.69) is 10.3 Å². The maximum atomic E-state index is 8.89. The van der Waals surface area contributed by atoms with E-state index in [1.165, 1.54) is 4.68 Å². The van der Waals surface area contributed by atoms with E-state index in [-0.39, 0.29) is 6.61 Å². The van der Waals surface area contributed by atoms with Gasteiger partial charge in [0.2, 0.25) is 0 Å². The van der Waals surface area contributed by atoms with Crippen molar-refractivity contribution in [3.63, 3.8) is 0 Å². The van der Waals surface area contributed by atoms with Gasteiger partial charge in [0.05, 0.1) is 23.5 Å². The van der Waals surface area contributed by atoms with Crippen LogP contribution in [0.25, 0.3) is 5.69 Å². The summed E-state index contributed by atoms with van der Waals surface area (Å²) in [5.74, 6) is 0. The summed E-state index contributed by atoms with van der Waals surface area (Å²) in [6.45, 7) is 1.72. The molecule has 1 N–H and O–H groups in total. The highest BCUT2D eigenvalue weighted by molar-refractivity contribution is 6.35. The maximum absolute atomic E-state index is 8.89. The van der Waals surface area contributed by atoms with Gasteiger partial charge in [-0.15, -0.1) is 5.10 Å². The molecule has 84 valence electrons. The molecule has 0 aliphatic rings. The number of rotatable bonds is 2. The highest BCUT2D eigenvalue weighted by Crippen LogP contribution is 2.27. The summed E-state index contributed by atoms with van der Waals surface area (Å²) in [7, 11) is 0. The molecule has 1 aromatic heterocycles. The molecule has 2 aromatic rings. The summed E-state index contributed by atoms with van der Waals surface area (Å²) < 4.78 is 1.49. The molecule has 0 aliphatic heterocycles. The van der Waals surface area contributed by atoms with Gasteiger partial charge in [0, 0.05) is 5.02 Å². The Labute approximate surface area is 102 Å². The van der Waals surface area contributed by atoms with Crippen molar-refractivity contribution in [2.75, 3.05) is 0 Å². The van der Waals surface area contributed by atoms with Crippen molar-refractivity contribution >= 4 is 23.2 Å². The lowest BCUT2D eigenvalue weighted by atomic mass is 10.2. The topological polar surface area (TPSA) is 50.9 Å². The van der Waals surface area contributed by atoms with Gasteiger partial charge < -0.3 is 5.11 Å². The van der Waals surface area contributed by atoms with Gasteiger partial charge in [0.1, 0.15) is 5.69 Å². The third kappa shape index (κ3) is 2.04. The van der Waals surface area contributed by atoms with Gasteiger partial charge in [-0.2, -0.15) is 0 Å². The van der Waals surface area contributed by atoms with Crippen molar-refractivity contribution in [3.8, 4) is 5.69 Å². The van der Waals surface area contributed by atoms with Crippen LogP contribution in [0.15, 0.2) is 18.3 Å². The van der Waals surface area contributed by atoms with Gasteiger partial charge in [-0.3, -0.25) is 0 Å². The smallest absolute Gasteiger partial charge is 0.109 e. The van der Waals surface area contributed by atoms with E-state index in [1.54, 1.807) is 18.3 Å². The normalized spacial score (nSPS) is 10.8. The Kier molecular flexibility index (Phi) is 3.14. The second-order valence-electron chi connectivity index (χ2n) is 3.37. The summed E-state index contributed by atoms with van der Waals surface area (Å²) in [5.41, 5.74) is 2.02. The fraction of sp³-hybridized carbons (Fsp3) is 0.200. The molecule has 0 saturated carbocycles. The zero-order valence-electron chi connectivity index (χ0n) is 8.48. The molecule has 0 bridgehead atoms. The van der Waals surface area contributed by atoms with Crippen molar-refractivity contribution in [2.24, 2.45) is 0 Å². The second-order valence-corrected chi connectivity index (χ2v) is 4.18. The number of nitrogens with zero attached hydrogens (tertiary/aromatic N) is 3. The van der Waals surface area contributed by atoms with Crippen LogP contribution in [-0.4, -0.2) is 20.1 Å². The Morgan fingerprint density at radius 1 is 1.31 bits per heavy atom. The minimum Gasteiger partial charge on any atom is -0.390 e. The number of hydrogen-bond donors (Lipinski definition) is 1. The Balaban J connectivity index is 2.51. The molecule has 0 spiro atoms. The van der Waals surface area contributed by atoms with Crippen LogP contribution in [-0.2, 0) is 6.61 Å². The van der Waals surface area contributed by atoms with Crippen molar-refractivity contribution in [3.05, 3.63) is 39.6 Å². The minimum atomic E-state index is -0.156. The van der Waals surface area contributed by atoms with E-state index < -0.39 is 0 Å². The molecule has 0 radical (unpaired) electrons. The minimum absolute atomic E-state index is 0.156. The Bertz CT molecular complexity index is 525. The van der Waals surface area contributed by atoms with Crippen LogP contribution in [0.5, 0.6) is 0 Å². The number of aromatic nitrogens is 3. The van der Waals surface area contributed by atoms with Gasteiger partial charge in [-0.25, -0.2) is 4.68 Å². The first-order valence-corrected chi connectivity index (χ1v) is 5.35. The van der Waals surface area contributed by atoms with E-state index in [0.29, 0.717) is 21.4 Å².